The topological polar surface area (TPSA) is 75.5 Å². The number of carbonyl (C=O) groups is 1. The van der Waals surface area contributed by atoms with Gasteiger partial charge in [-0.15, -0.1) is 5.10 Å². The molecule has 8 heteroatoms. The summed E-state index contributed by atoms with van der Waals surface area (Å²) >= 11 is 0. The lowest BCUT2D eigenvalue weighted by atomic mass is 10.1. The highest BCUT2D eigenvalue weighted by Gasteiger charge is 2.25. The van der Waals surface area contributed by atoms with E-state index >= 15 is 0 Å². The number of aromatic nitrogens is 3. The summed E-state index contributed by atoms with van der Waals surface area (Å²) in [6.07, 6.45) is 0. The van der Waals surface area contributed by atoms with Gasteiger partial charge in [0.05, 0.1) is 12.8 Å². The standard InChI is InChI=1S/C17H12FN3O4/c1-23-17(22)15-16(10-5-6-13-14(7-10)25-9-24-13)21(20-19-15)12-4-2-3-11(18)8-12/h2-8H,9H2,1H3. The Morgan fingerprint density at radius 3 is 2.84 bits per heavy atom. The van der Waals surface area contributed by atoms with Crippen molar-refractivity contribution in [3.05, 3.63) is 54.0 Å². The number of nitrogens with zero attached hydrogens (tertiary/aromatic N) is 3. The Hall–Kier alpha value is -3.42. The van der Waals surface area contributed by atoms with Crippen LogP contribution in [0.3, 0.4) is 0 Å². The normalized spacial score (nSPS) is 12.2. The molecule has 126 valence electrons. The molecule has 2 aromatic carbocycles. The van der Waals surface area contributed by atoms with Crippen molar-refractivity contribution in [2.45, 2.75) is 0 Å². The SMILES string of the molecule is COC(=O)c1nnn(-c2cccc(F)c2)c1-c1ccc2c(c1)OCO2. The van der Waals surface area contributed by atoms with E-state index in [1.165, 1.54) is 23.9 Å². The molecule has 2 heterocycles. The molecule has 0 atom stereocenters. The number of fused-ring (bicyclic) bond motifs is 1. The molecule has 7 nitrogen and oxygen atoms in total. The maximum Gasteiger partial charge on any atom is 0.360 e. The van der Waals surface area contributed by atoms with Crippen LogP contribution in [0.15, 0.2) is 42.5 Å². The molecule has 0 amide bonds. The highest BCUT2D eigenvalue weighted by Crippen LogP contribution is 2.37. The first-order valence-electron chi connectivity index (χ1n) is 7.37. The minimum Gasteiger partial charge on any atom is -0.464 e. The highest BCUT2D eigenvalue weighted by molar-refractivity contribution is 5.94. The number of benzene rings is 2. The fraction of sp³-hybridized carbons (Fsp3) is 0.118. The Kier molecular flexibility index (Phi) is 3.57. The van der Waals surface area contributed by atoms with Crippen molar-refractivity contribution >= 4 is 5.97 Å². The fourth-order valence-corrected chi connectivity index (χ4v) is 2.61. The second-order valence-corrected chi connectivity index (χ2v) is 5.24. The van der Waals surface area contributed by atoms with Crippen molar-refractivity contribution in [3.8, 4) is 28.4 Å². The number of methoxy groups -OCH3 is 1. The van der Waals surface area contributed by atoms with Gasteiger partial charge in [-0.1, -0.05) is 11.3 Å². The zero-order valence-corrected chi connectivity index (χ0v) is 13.1. The van der Waals surface area contributed by atoms with E-state index in [0.717, 1.165) is 0 Å². The van der Waals surface area contributed by atoms with Crippen LogP contribution in [-0.2, 0) is 4.74 Å². The molecule has 0 saturated carbocycles. The van der Waals surface area contributed by atoms with Gasteiger partial charge in [-0.05, 0) is 36.4 Å². The smallest absolute Gasteiger partial charge is 0.360 e. The van der Waals surface area contributed by atoms with Crippen LogP contribution in [0.1, 0.15) is 10.5 Å². The molecule has 1 aliphatic rings. The van der Waals surface area contributed by atoms with Gasteiger partial charge in [0.1, 0.15) is 11.5 Å². The molecular weight excluding hydrogens is 329 g/mol. The van der Waals surface area contributed by atoms with Crippen molar-refractivity contribution in [3.63, 3.8) is 0 Å². The Bertz CT molecular complexity index is 970. The largest absolute Gasteiger partial charge is 0.464 e. The van der Waals surface area contributed by atoms with E-state index in [1.807, 2.05) is 0 Å². The lowest BCUT2D eigenvalue weighted by Crippen LogP contribution is -2.06. The number of hydrogen-bond donors (Lipinski definition) is 0. The number of halogens is 1. The predicted molar refractivity (Wildman–Crippen MR) is 84.2 cm³/mol. The van der Waals surface area contributed by atoms with Gasteiger partial charge in [0.15, 0.2) is 17.2 Å². The number of esters is 1. The van der Waals surface area contributed by atoms with Gasteiger partial charge in [-0.3, -0.25) is 0 Å². The van der Waals surface area contributed by atoms with E-state index in [1.54, 1.807) is 30.3 Å². The Morgan fingerprint density at radius 1 is 1.20 bits per heavy atom. The van der Waals surface area contributed by atoms with Crippen LogP contribution in [0.5, 0.6) is 11.5 Å². The van der Waals surface area contributed by atoms with Crippen LogP contribution in [0, 0.1) is 5.82 Å². The summed E-state index contributed by atoms with van der Waals surface area (Å²) in [6, 6.07) is 11.0. The number of carbonyl (C=O) groups excluding carboxylic acids is 1. The van der Waals surface area contributed by atoms with E-state index in [9.17, 15) is 9.18 Å². The lowest BCUT2D eigenvalue weighted by molar-refractivity contribution is 0.0595. The minimum atomic E-state index is -0.643. The van der Waals surface area contributed by atoms with E-state index in [0.29, 0.717) is 28.4 Å². The Balaban J connectivity index is 1.92. The van der Waals surface area contributed by atoms with Gasteiger partial charge < -0.3 is 14.2 Å². The zero-order chi connectivity index (χ0) is 17.4. The van der Waals surface area contributed by atoms with Gasteiger partial charge in [-0.2, -0.15) is 0 Å². The van der Waals surface area contributed by atoms with Crippen LogP contribution >= 0.6 is 0 Å². The molecule has 0 saturated heterocycles. The molecular formula is C17H12FN3O4. The first-order valence-corrected chi connectivity index (χ1v) is 7.37. The maximum absolute atomic E-state index is 13.6. The van der Waals surface area contributed by atoms with Crippen LogP contribution < -0.4 is 9.47 Å². The van der Waals surface area contributed by atoms with E-state index in [4.69, 9.17) is 14.2 Å². The summed E-state index contributed by atoms with van der Waals surface area (Å²) in [5, 5.41) is 7.90. The average molecular weight is 341 g/mol. The van der Waals surface area contributed by atoms with Gasteiger partial charge >= 0.3 is 5.97 Å². The van der Waals surface area contributed by atoms with Gasteiger partial charge in [0, 0.05) is 5.56 Å². The molecule has 0 unspecified atom stereocenters. The molecule has 1 aromatic heterocycles. The summed E-state index contributed by atoms with van der Waals surface area (Å²) in [7, 11) is 1.26. The second-order valence-electron chi connectivity index (χ2n) is 5.24. The first kappa shape index (κ1) is 15.1. The molecule has 1 aliphatic heterocycles. The summed E-state index contributed by atoms with van der Waals surface area (Å²) < 4.78 is 30.4. The van der Waals surface area contributed by atoms with Crippen LogP contribution in [0.2, 0.25) is 0 Å². The summed E-state index contributed by atoms with van der Waals surface area (Å²) in [4.78, 5) is 12.1. The number of ether oxygens (including phenoxy) is 3. The molecule has 3 aromatic rings. The quantitative estimate of drug-likeness (QED) is 0.682. The Morgan fingerprint density at radius 2 is 2.04 bits per heavy atom. The molecule has 0 N–H and O–H groups in total. The van der Waals surface area contributed by atoms with Gasteiger partial charge in [0.2, 0.25) is 6.79 Å². The zero-order valence-electron chi connectivity index (χ0n) is 13.1. The molecule has 25 heavy (non-hydrogen) atoms. The molecule has 0 aliphatic carbocycles. The van der Waals surface area contributed by atoms with Gasteiger partial charge in [0.25, 0.3) is 0 Å². The van der Waals surface area contributed by atoms with Crippen molar-refractivity contribution < 1.29 is 23.4 Å². The van der Waals surface area contributed by atoms with Crippen molar-refractivity contribution in [1.82, 2.24) is 15.0 Å². The molecule has 0 radical (unpaired) electrons. The third kappa shape index (κ3) is 2.57. The predicted octanol–water partition coefficient (Wildman–Crippen LogP) is 2.59. The summed E-state index contributed by atoms with van der Waals surface area (Å²) in [6.45, 7) is 0.129. The Labute approximate surface area is 141 Å². The van der Waals surface area contributed by atoms with Crippen LogP contribution in [-0.4, -0.2) is 34.9 Å². The fourth-order valence-electron chi connectivity index (χ4n) is 2.61. The van der Waals surface area contributed by atoms with Crippen LogP contribution in [0.25, 0.3) is 16.9 Å². The summed E-state index contributed by atoms with van der Waals surface area (Å²) in [5.74, 6) is 0.0769. The van der Waals surface area contributed by atoms with E-state index in [2.05, 4.69) is 10.3 Å². The van der Waals surface area contributed by atoms with Gasteiger partial charge in [-0.25, -0.2) is 13.9 Å². The van der Waals surface area contributed by atoms with E-state index in [-0.39, 0.29) is 12.5 Å². The van der Waals surface area contributed by atoms with Crippen LogP contribution in [0.4, 0.5) is 4.39 Å². The number of rotatable bonds is 3. The molecule has 0 spiro atoms. The monoisotopic (exact) mass is 341 g/mol. The average Bonchev–Trinajstić information content (AvgIpc) is 3.27. The number of hydrogen-bond acceptors (Lipinski definition) is 6. The van der Waals surface area contributed by atoms with E-state index < -0.39 is 11.8 Å². The molecule has 4 rings (SSSR count). The van der Waals surface area contributed by atoms with Crippen molar-refractivity contribution in [1.29, 1.82) is 0 Å². The summed E-state index contributed by atoms with van der Waals surface area (Å²) in [5.41, 5.74) is 1.43. The molecule has 0 fully saturated rings. The van der Waals surface area contributed by atoms with Crippen molar-refractivity contribution in [2.75, 3.05) is 13.9 Å². The third-order valence-electron chi connectivity index (χ3n) is 3.75. The lowest BCUT2D eigenvalue weighted by Gasteiger charge is -2.09. The third-order valence-corrected chi connectivity index (χ3v) is 3.75. The first-order chi connectivity index (χ1) is 12.2. The minimum absolute atomic E-state index is 0.0191. The molecule has 0 bridgehead atoms. The highest BCUT2D eigenvalue weighted by atomic mass is 19.1. The van der Waals surface area contributed by atoms with Crippen molar-refractivity contribution in [2.24, 2.45) is 0 Å². The second kappa shape index (κ2) is 5.90. The maximum atomic E-state index is 13.6.